The quantitative estimate of drug-likeness (QED) is 0.682. The van der Waals surface area contributed by atoms with E-state index in [4.69, 9.17) is 0 Å². The van der Waals surface area contributed by atoms with E-state index in [0.717, 1.165) is 29.0 Å². The minimum absolute atomic E-state index is 0.960. The van der Waals surface area contributed by atoms with Crippen molar-refractivity contribution in [1.82, 2.24) is 14.9 Å². The van der Waals surface area contributed by atoms with Gasteiger partial charge < -0.3 is 10.2 Å². The van der Waals surface area contributed by atoms with Crippen molar-refractivity contribution in [3.63, 3.8) is 0 Å². The summed E-state index contributed by atoms with van der Waals surface area (Å²) in [6, 6.07) is 12.6. The van der Waals surface area contributed by atoms with E-state index in [0.29, 0.717) is 0 Å². The van der Waals surface area contributed by atoms with Crippen LogP contribution in [0.25, 0.3) is 20.7 Å². The Morgan fingerprint density at radius 3 is 2.75 bits per heavy atom. The standard InChI is InChI=1S/C19H22N4S/c1-2-7-15(8-3-1)17-13-16-18(24-17)19(22-14-21-16)20-9-6-12-23-10-4-5-11-23/h1-3,7-8,13-14H,4-6,9-12H2,(H,20,21,22). The maximum absolute atomic E-state index is 4.46. The molecule has 4 nitrogen and oxygen atoms in total. The van der Waals surface area contributed by atoms with Gasteiger partial charge in [-0.15, -0.1) is 11.3 Å². The lowest BCUT2D eigenvalue weighted by Crippen LogP contribution is -2.22. The van der Waals surface area contributed by atoms with E-state index in [1.165, 1.54) is 42.9 Å². The lowest BCUT2D eigenvalue weighted by Gasteiger charge is -2.14. The zero-order valence-electron chi connectivity index (χ0n) is 13.7. The fourth-order valence-corrected chi connectivity index (χ4v) is 4.32. The van der Waals surface area contributed by atoms with Crippen LogP contribution in [0.5, 0.6) is 0 Å². The molecule has 5 heteroatoms. The topological polar surface area (TPSA) is 41.1 Å². The van der Waals surface area contributed by atoms with Crippen LogP contribution in [0.15, 0.2) is 42.7 Å². The third kappa shape index (κ3) is 3.42. The molecule has 0 unspecified atom stereocenters. The van der Waals surface area contributed by atoms with Crippen LogP contribution in [0.1, 0.15) is 19.3 Å². The SMILES string of the molecule is c1ccc(-c2cc3ncnc(NCCCN4CCCC4)c3s2)cc1. The second-order valence-electron chi connectivity index (χ2n) is 6.24. The Bertz CT molecular complexity index is 793. The van der Waals surface area contributed by atoms with E-state index < -0.39 is 0 Å². The van der Waals surface area contributed by atoms with Crippen molar-refractivity contribution in [3.8, 4) is 10.4 Å². The summed E-state index contributed by atoms with van der Waals surface area (Å²) in [6.07, 6.45) is 5.53. The second kappa shape index (κ2) is 7.28. The summed E-state index contributed by atoms with van der Waals surface area (Å²) in [7, 11) is 0. The number of rotatable bonds is 6. The first-order valence-corrected chi connectivity index (χ1v) is 9.48. The molecule has 3 aromatic rings. The number of aromatic nitrogens is 2. The van der Waals surface area contributed by atoms with Crippen LogP contribution in [0, 0.1) is 0 Å². The summed E-state index contributed by atoms with van der Waals surface area (Å²) in [5.74, 6) is 0.966. The molecule has 24 heavy (non-hydrogen) atoms. The molecule has 1 aromatic carbocycles. The Labute approximate surface area is 146 Å². The van der Waals surface area contributed by atoms with E-state index >= 15 is 0 Å². The van der Waals surface area contributed by atoms with Crippen LogP contribution in [-0.4, -0.2) is 41.0 Å². The molecule has 1 aliphatic heterocycles. The van der Waals surface area contributed by atoms with Gasteiger partial charge in [0.15, 0.2) is 0 Å². The predicted octanol–water partition coefficient (Wildman–Crippen LogP) is 4.26. The third-order valence-electron chi connectivity index (χ3n) is 4.51. The van der Waals surface area contributed by atoms with Crippen molar-refractivity contribution in [2.75, 3.05) is 31.5 Å². The number of anilines is 1. The Kier molecular flexibility index (Phi) is 4.71. The molecule has 124 valence electrons. The highest BCUT2D eigenvalue weighted by molar-refractivity contribution is 7.22. The fraction of sp³-hybridized carbons (Fsp3) is 0.368. The molecule has 0 bridgehead atoms. The van der Waals surface area contributed by atoms with Crippen LogP contribution >= 0.6 is 11.3 Å². The monoisotopic (exact) mass is 338 g/mol. The van der Waals surface area contributed by atoms with Crippen LogP contribution < -0.4 is 5.32 Å². The number of nitrogens with zero attached hydrogens (tertiary/aromatic N) is 3. The average Bonchev–Trinajstić information content (AvgIpc) is 3.29. The van der Waals surface area contributed by atoms with Crippen LogP contribution in [0.4, 0.5) is 5.82 Å². The number of hydrogen-bond donors (Lipinski definition) is 1. The molecule has 0 atom stereocenters. The number of likely N-dealkylation sites (tertiary alicyclic amines) is 1. The van der Waals surface area contributed by atoms with Gasteiger partial charge in [0, 0.05) is 11.4 Å². The lowest BCUT2D eigenvalue weighted by atomic mass is 10.2. The highest BCUT2D eigenvalue weighted by Gasteiger charge is 2.12. The molecular formula is C19H22N4S. The van der Waals surface area contributed by atoms with Crippen LogP contribution in [-0.2, 0) is 0 Å². The van der Waals surface area contributed by atoms with Gasteiger partial charge in [0.05, 0.1) is 10.2 Å². The van der Waals surface area contributed by atoms with Crippen molar-refractivity contribution >= 4 is 27.4 Å². The van der Waals surface area contributed by atoms with Crippen LogP contribution in [0.2, 0.25) is 0 Å². The Morgan fingerprint density at radius 2 is 1.92 bits per heavy atom. The highest BCUT2D eigenvalue weighted by Crippen LogP contribution is 2.35. The molecule has 0 aliphatic carbocycles. The van der Waals surface area contributed by atoms with Gasteiger partial charge in [0.25, 0.3) is 0 Å². The Morgan fingerprint density at radius 1 is 1.08 bits per heavy atom. The van der Waals surface area contributed by atoms with Gasteiger partial charge in [-0.1, -0.05) is 30.3 Å². The first-order chi connectivity index (χ1) is 11.9. The number of benzene rings is 1. The predicted molar refractivity (Wildman–Crippen MR) is 102 cm³/mol. The van der Waals surface area contributed by atoms with Crippen LogP contribution in [0.3, 0.4) is 0 Å². The molecule has 2 aromatic heterocycles. The third-order valence-corrected chi connectivity index (χ3v) is 5.69. The summed E-state index contributed by atoms with van der Waals surface area (Å²) in [4.78, 5) is 12.7. The number of hydrogen-bond acceptors (Lipinski definition) is 5. The zero-order valence-corrected chi connectivity index (χ0v) is 14.6. The molecule has 0 radical (unpaired) electrons. The number of thiophene rings is 1. The molecule has 0 spiro atoms. The van der Waals surface area contributed by atoms with E-state index in [1.807, 2.05) is 6.07 Å². The molecule has 1 N–H and O–H groups in total. The fourth-order valence-electron chi connectivity index (χ4n) is 3.24. The lowest BCUT2D eigenvalue weighted by molar-refractivity contribution is 0.337. The molecule has 0 saturated carbocycles. The average molecular weight is 338 g/mol. The zero-order chi connectivity index (χ0) is 16.2. The van der Waals surface area contributed by atoms with E-state index in [-0.39, 0.29) is 0 Å². The van der Waals surface area contributed by atoms with Crippen molar-refractivity contribution in [2.24, 2.45) is 0 Å². The maximum atomic E-state index is 4.46. The number of nitrogens with one attached hydrogen (secondary N) is 1. The number of fused-ring (bicyclic) bond motifs is 1. The Hall–Kier alpha value is -1.98. The van der Waals surface area contributed by atoms with E-state index in [2.05, 4.69) is 50.5 Å². The van der Waals surface area contributed by atoms with Gasteiger partial charge in [0.1, 0.15) is 12.1 Å². The summed E-state index contributed by atoms with van der Waals surface area (Å²) >= 11 is 1.76. The summed E-state index contributed by atoms with van der Waals surface area (Å²) in [5, 5.41) is 3.51. The van der Waals surface area contributed by atoms with Crippen molar-refractivity contribution in [2.45, 2.75) is 19.3 Å². The summed E-state index contributed by atoms with van der Waals surface area (Å²) < 4.78 is 1.15. The largest absolute Gasteiger partial charge is 0.369 e. The first-order valence-electron chi connectivity index (χ1n) is 8.66. The summed E-state index contributed by atoms with van der Waals surface area (Å²) in [6.45, 7) is 4.67. The van der Waals surface area contributed by atoms with Gasteiger partial charge in [-0.2, -0.15) is 0 Å². The molecule has 0 amide bonds. The molecular weight excluding hydrogens is 316 g/mol. The smallest absolute Gasteiger partial charge is 0.147 e. The van der Waals surface area contributed by atoms with Gasteiger partial charge in [-0.3, -0.25) is 0 Å². The highest BCUT2D eigenvalue weighted by atomic mass is 32.1. The van der Waals surface area contributed by atoms with Crippen molar-refractivity contribution in [3.05, 3.63) is 42.7 Å². The molecule has 4 rings (SSSR count). The molecule has 3 heterocycles. The van der Waals surface area contributed by atoms with Gasteiger partial charge >= 0.3 is 0 Å². The minimum Gasteiger partial charge on any atom is -0.369 e. The maximum Gasteiger partial charge on any atom is 0.147 e. The molecule has 1 saturated heterocycles. The normalized spacial score (nSPS) is 15.2. The van der Waals surface area contributed by atoms with E-state index in [9.17, 15) is 0 Å². The van der Waals surface area contributed by atoms with Gasteiger partial charge in [-0.25, -0.2) is 9.97 Å². The minimum atomic E-state index is 0.960. The molecule has 1 aliphatic rings. The summed E-state index contributed by atoms with van der Waals surface area (Å²) in [5.41, 5.74) is 2.26. The van der Waals surface area contributed by atoms with Crippen molar-refractivity contribution < 1.29 is 0 Å². The Balaban J connectivity index is 1.46. The van der Waals surface area contributed by atoms with E-state index in [1.54, 1.807) is 17.7 Å². The van der Waals surface area contributed by atoms with Crippen molar-refractivity contribution in [1.29, 1.82) is 0 Å². The molecule has 1 fully saturated rings. The first kappa shape index (κ1) is 15.5. The van der Waals surface area contributed by atoms with Gasteiger partial charge in [-0.05, 0) is 50.5 Å². The second-order valence-corrected chi connectivity index (χ2v) is 7.29. The van der Waals surface area contributed by atoms with Gasteiger partial charge in [0.2, 0.25) is 0 Å².